The largest absolute Gasteiger partial charge is 0.387 e. The van der Waals surface area contributed by atoms with Crippen molar-refractivity contribution in [3.8, 4) is 0 Å². The van der Waals surface area contributed by atoms with Crippen molar-refractivity contribution in [1.82, 2.24) is 0 Å². The molecular formula is C25H34O8S. The van der Waals surface area contributed by atoms with E-state index in [1.54, 1.807) is 19.1 Å². The number of rotatable bonds is 2. The summed E-state index contributed by atoms with van der Waals surface area (Å²) in [6, 6.07) is 5.69. The van der Waals surface area contributed by atoms with Crippen LogP contribution >= 0.6 is 0 Å². The zero-order valence-corrected chi connectivity index (χ0v) is 20.2. The molecule has 0 unspecified atom stereocenters. The Morgan fingerprint density at radius 3 is 1.47 bits per heavy atom. The molecule has 34 heavy (non-hydrogen) atoms. The zero-order valence-electron chi connectivity index (χ0n) is 19.4. The van der Waals surface area contributed by atoms with Gasteiger partial charge in [0.05, 0.1) is 4.90 Å². The molecule has 9 heteroatoms. The molecule has 0 saturated heterocycles. The molecule has 8 nitrogen and oxygen atoms in total. The number of sulfone groups is 1. The molecule has 188 valence electrons. The van der Waals surface area contributed by atoms with Crippen LogP contribution in [0.1, 0.15) is 69.8 Å². The highest BCUT2D eigenvalue weighted by molar-refractivity contribution is 7.92. The Morgan fingerprint density at radius 2 is 1.09 bits per heavy atom. The third-order valence-corrected chi connectivity index (χ3v) is 13.0. The van der Waals surface area contributed by atoms with Gasteiger partial charge in [0, 0.05) is 10.8 Å². The maximum atomic E-state index is 14.3. The van der Waals surface area contributed by atoms with Gasteiger partial charge in [0.25, 0.3) is 0 Å². The average Bonchev–Trinajstić information content (AvgIpc) is 3.46. The second kappa shape index (κ2) is 6.25. The van der Waals surface area contributed by atoms with E-state index >= 15 is 0 Å². The van der Waals surface area contributed by atoms with Gasteiger partial charge in [0.1, 0.15) is 17.3 Å². The SMILES string of the molecule is Cc1ccc(S(=O)(=O)[C@]2(O)[C@@]3(O)C4(CCCCC4)[C@]3(O)[C@H](O)[C@]3(O)C4(CCCCC4)[C@]23O)cc1. The maximum absolute atomic E-state index is 14.3. The quantitative estimate of drug-likeness (QED) is 0.351. The Labute approximate surface area is 199 Å². The first kappa shape index (κ1) is 23.3. The summed E-state index contributed by atoms with van der Waals surface area (Å²) in [6.07, 6.45) is 2.49. The van der Waals surface area contributed by atoms with Crippen molar-refractivity contribution in [1.29, 1.82) is 0 Å². The van der Waals surface area contributed by atoms with Crippen molar-refractivity contribution >= 4 is 9.84 Å². The normalized spacial score (nSPS) is 48.3. The van der Waals surface area contributed by atoms with E-state index in [-0.39, 0.29) is 30.6 Å². The van der Waals surface area contributed by atoms with Crippen molar-refractivity contribution in [3.63, 3.8) is 0 Å². The van der Waals surface area contributed by atoms with Crippen molar-refractivity contribution in [2.45, 2.75) is 109 Å². The molecule has 0 amide bonds. The van der Waals surface area contributed by atoms with E-state index in [0.717, 1.165) is 18.4 Å². The lowest BCUT2D eigenvalue weighted by Gasteiger charge is -2.46. The second-order valence-electron chi connectivity index (χ2n) is 11.6. The second-order valence-corrected chi connectivity index (χ2v) is 13.7. The minimum absolute atomic E-state index is 0.169. The number of hydrogen-bond acceptors (Lipinski definition) is 8. The van der Waals surface area contributed by atoms with Crippen LogP contribution in [0.5, 0.6) is 0 Å². The summed E-state index contributed by atoms with van der Waals surface area (Å²) in [5, 5.41) is 72.2. The lowest BCUT2D eigenvalue weighted by atomic mass is 9.76. The van der Waals surface area contributed by atoms with Crippen molar-refractivity contribution in [2.75, 3.05) is 0 Å². The van der Waals surface area contributed by atoms with E-state index in [1.807, 2.05) is 0 Å². The summed E-state index contributed by atoms with van der Waals surface area (Å²) in [5.74, 6) is 0. The van der Waals surface area contributed by atoms with E-state index in [0.29, 0.717) is 25.7 Å². The molecule has 5 aliphatic rings. The van der Waals surface area contributed by atoms with Crippen LogP contribution in [0.15, 0.2) is 29.2 Å². The van der Waals surface area contributed by atoms with Gasteiger partial charge in [-0.05, 0) is 44.7 Å². The van der Waals surface area contributed by atoms with Crippen molar-refractivity contribution in [2.24, 2.45) is 10.8 Å². The standard InChI is InChI=1S/C25H34O8S/c1-16-8-10-17(11-9-16)34(32,33)25(31)23(29)19(12-4-2-5-13-19)21(23,27)18(26)22(28)20(24(22,25)30)14-6-3-7-15-20/h8-11,18,26-31H,2-7,12-15H2,1H3/t18-,21+,22-,23-,24-,25+/m1/s1. The van der Waals surface area contributed by atoms with Crippen LogP contribution in [-0.2, 0) is 9.84 Å². The number of hydrogen-bond donors (Lipinski definition) is 6. The van der Waals surface area contributed by atoms with Gasteiger partial charge in [-0.2, -0.15) is 0 Å². The molecule has 6 N–H and O–H groups in total. The fraction of sp³-hybridized carbons (Fsp3) is 0.760. The minimum atomic E-state index is -4.94. The van der Waals surface area contributed by atoms with Gasteiger partial charge in [-0.3, -0.25) is 0 Å². The molecule has 6 rings (SSSR count). The highest BCUT2D eigenvalue weighted by Gasteiger charge is 3.13. The van der Waals surface area contributed by atoms with Gasteiger partial charge >= 0.3 is 0 Å². The monoisotopic (exact) mass is 494 g/mol. The molecule has 0 aliphatic heterocycles. The Bertz CT molecular complexity index is 1100. The Kier molecular flexibility index (Phi) is 4.29. The average molecular weight is 495 g/mol. The predicted octanol–water partition coefficient (Wildman–Crippen LogP) is 0.684. The third kappa shape index (κ3) is 1.80. The van der Waals surface area contributed by atoms with Crippen LogP contribution in [0, 0.1) is 17.8 Å². The fourth-order valence-corrected chi connectivity index (χ4v) is 11.4. The van der Waals surface area contributed by atoms with Crippen LogP contribution in [-0.4, -0.2) is 72.5 Å². The first-order valence-corrected chi connectivity index (χ1v) is 13.9. The van der Waals surface area contributed by atoms with Crippen LogP contribution in [0.3, 0.4) is 0 Å². The Balaban J connectivity index is 1.66. The van der Waals surface area contributed by atoms with Crippen LogP contribution in [0.2, 0.25) is 0 Å². The highest BCUT2D eigenvalue weighted by atomic mass is 32.2. The molecule has 1 aromatic rings. The molecular weight excluding hydrogens is 460 g/mol. The van der Waals surface area contributed by atoms with Gasteiger partial charge in [-0.25, -0.2) is 8.42 Å². The van der Waals surface area contributed by atoms with Gasteiger partial charge in [-0.1, -0.05) is 56.2 Å². The van der Waals surface area contributed by atoms with Crippen molar-refractivity contribution < 1.29 is 39.1 Å². The topological polar surface area (TPSA) is 156 Å². The molecule has 5 fully saturated rings. The van der Waals surface area contributed by atoms with Gasteiger partial charge in [-0.15, -0.1) is 0 Å². The van der Waals surface area contributed by atoms with E-state index in [2.05, 4.69) is 0 Å². The Morgan fingerprint density at radius 1 is 0.706 bits per heavy atom. The van der Waals surface area contributed by atoms with E-state index in [1.165, 1.54) is 12.1 Å². The smallest absolute Gasteiger partial charge is 0.235 e. The number of aryl methyl sites for hydroxylation is 1. The maximum Gasteiger partial charge on any atom is 0.235 e. The summed E-state index contributed by atoms with van der Waals surface area (Å²) in [5.41, 5.74) is -12.8. The van der Waals surface area contributed by atoms with Gasteiger partial charge in [0.15, 0.2) is 11.2 Å². The zero-order chi connectivity index (χ0) is 24.6. The van der Waals surface area contributed by atoms with Gasteiger partial charge < -0.3 is 30.6 Å². The summed E-state index contributed by atoms with van der Waals surface area (Å²) >= 11 is 0. The summed E-state index contributed by atoms with van der Waals surface area (Å²) < 4.78 is 28.5. The first-order valence-electron chi connectivity index (χ1n) is 12.4. The van der Waals surface area contributed by atoms with Crippen LogP contribution in [0.25, 0.3) is 0 Å². The molecule has 5 aliphatic carbocycles. The summed E-state index contributed by atoms with van der Waals surface area (Å²) in [6.45, 7) is 1.77. The summed E-state index contributed by atoms with van der Waals surface area (Å²) in [4.78, 5) is -3.64. The molecule has 0 aromatic heterocycles. The number of aliphatic hydroxyl groups is 6. The molecule has 2 spiro atoms. The predicted molar refractivity (Wildman–Crippen MR) is 120 cm³/mol. The third-order valence-electron chi connectivity index (χ3n) is 10.7. The van der Waals surface area contributed by atoms with E-state index < -0.39 is 54.1 Å². The molecule has 5 saturated carbocycles. The van der Waals surface area contributed by atoms with E-state index in [4.69, 9.17) is 0 Å². The lowest BCUT2D eigenvalue weighted by Crippen LogP contribution is -2.73. The number of aliphatic hydroxyl groups excluding tert-OH is 1. The summed E-state index contributed by atoms with van der Waals surface area (Å²) in [7, 11) is -4.94. The van der Waals surface area contributed by atoms with Gasteiger partial charge in [0.2, 0.25) is 14.8 Å². The lowest BCUT2D eigenvalue weighted by molar-refractivity contribution is -0.238. The van der Waals surface area contributed by atoms with Crippen LogP contribution in [0.4, 0.5) is 0 Å². The number of fused-ring (bicyclic) bond motifs is 6. The van der Waals surface area contributed by atoms with Crippen molar-refractivity contribution in [3.05, 3.63) is 29.8 Å². The van der Waals surface area contributed by atoms with E-state index in [9.17, 15) is 39.1 Å². The molecule has 1 aromatic carbocycles. The molecule has 0 bridgehead atoms. The highest BCUT2D eigenvalue weighted by Crippen LogP contribution is 2.91. The Hall–Kier alpha value is -1.07. The minimum Gasteiger partial charge on any atom is -0.387 e. The fourth-order valence-electron chi connectivity index (χ4n) is 9.08. The van der Waals surface area contributed by atoms with Crippen LogP contribution < -0.4 is 0 Å². The first-order chi connectivity index (χ1) is 15.8. The number of benzene rings is 1. The molecule has 0 radical (unpaired) electrons. The molecule has 0 heterocycles. The molecule has 6 atom stereocenters.